The van der Waals surface area contributed by atoms with Crippen molar-refractivity contribution >= 4 is 17.5 Å². The van der Waals surface area contributed by atoms with Crippen LogP contribution in [0, 0.1) is 0 Å². The lowest BCUT2D eigenvalue weighted by Crippen LogP contribution is -2.39. The number of ether oxygens (including phenoxy) is 2. The third-order valence-electron chi connectivity index (χ3n) is 5.17. The highest BCUT2D eigenvalue weighted by Gasteiger charge is 2.37. The first kappa shape index (κ1) is 18.2. The van der Waals surface area contributed by atoms with E-state index >= 15 is 0 Å². The third-order valence-corrected chi connectivity index (χ3v) is 5.17. The molecule has 2 aliphatic rings. The zero-order valence-corrected chi connectivity index (χ0v) is 16.4. The molecule has 2 amide bonds. The van der Waals surface area contributed by atoms with Crippen molar-refractivity contribution in [1.82, 2.24) is 4.90 Å². The van der Waals surface area contributed by atoms with Crippen LogP contribution < -0.4 is 9.47 Å². The molecule has 0 aromatic heterocycles. The molecule has 0 unspecified atom stereocenters. The summed E-state index contributed by atoms with van der Waals surface area (Å²) in [6, 6.07) is 10.7. The highest BCUT2D eigenvalue weighted by molar-refractivity contribution is 6.23. The number of methoxy groups -OCH3 is 2. The van der Waals surface area contributed by atoms with E-state index < -0.39 is 0 Å². The first-order valence-corrected chi connectivity index (χ1v) is 9.14. The topological polar surface area (TPSA) is 68.2 Å². The maximum absolute atomic E-state index is 12.8. The molecule has 0 bridgehead atoms. The quantitative estimate of drug-likeness (QED) is 0.767. The fourth-order valence-corrected chi connectivity index (χ4v) is 3.92. The van der Waals surface area contributed by atoms with Crippen LogP contribution in [0.3, 0.4) is 0 Å². The number of imide groups is 1. The first-order valence-electron chi connectivity index (χ1n) is 9.14. The van der Waals surface area contributed by atoms with Crippen LogP contribution in [0.4, 0.5) is 0 Å². The monoisotopic (exact) mass is 378 g/mol. The van der Waals surface area contributed by atoms with Crippen LogP contribution in [0.5, 0.6) is 11.5 Å². The zero-order chi connectivity index (χ0) is 20.1. The molecule has 28 heavy (non-hydrogen) atoms. The largest absolute Gasteiger partial charge is 0.493 e. The molecule has 2 aromatic carbocycles. The molecule has 0 fully saturated rings. The maximum Gasteiger partial charge on any atom is 0.261 e. The Hall–Kier alpha value is -3.15. The Balaban J connectivity index is 1.75. The average molecular weight is 378 g/mol. The molecule has 0 saturated heterocycles. The summed E-state index contributed by atoms with van der Waals surface area (Å²) in [6.07, 6.45) is 0.730. The fraction of sp³-hybridized carbons (Fsp3) is 0.318. The number of aliphatic imine (C=N–C) groups is 1. The Bertz CT molecular complexity index is 988. The Kier molecular flexibility index (Phi) is 4.22. The molecule has 0 aliphatic carbocycles. The highest BCUT2D eigenvalue weighted by atomic mass is 16.5. The molecule has 0 N–H and O–H groups in total. The second-order valence-corrected chi connectivity index (χ2v) is 7.65. The summed E-state index contributed by atoms with van der Waals surface area (Å²) < 4.78 is 10.9. The van der Waals surface area contributed by atoms with Crippen molar-refractivity contribution in [3.63, 3.8) is 0 Å². The van der Waals surface area contributed by atoms with E-state index in [0.29, 0.717) is 28.3 Å². The summed E-state index contributed by atoms with van der Waals surface area (Å²) in [5, 5.41) is 0. The predicted octanol–water partition coefficient (Wildman–Crippen LogP) is 3.12. The minimum atomic E-state index is -0.347. The van der Waals surface area contributed by atoms with Crippen LogP contribution in [0.2, 0.25) is 0 Å². The molecule has 0 radical (unpaired) electrons. The third kappa shape index (κ3) is 2.85. The Morgan fingerprint density at radius 2 is 1.54 bits per heavy atom. The molecule has 6 heteroatoms. The molecule has 4 rings (SSSR count). The van der Waals surface area contributed by atoms with E-state index in [-0.39, 0.29) is 23.9 Å². The summed E-state index contributed by atoms with van der Waals surface area (Å²) in [5.74, 6) is 0.678. The number of carbonyl (C=O) groups is 2. The standard InChI is InChI=1S/C22H22N2O4/c1-22(2)11-13-9-18(27-3)19(28-4)10-16(13)17(23-22)12-24-20(25)14-7-5-6-8-15(14)21(24)26/h5-10H,11-12H2,1-4H3. The fourth-order valence-electron chi connectivity index (χ4n) is 3.92. The van der Waals surface area contributed by atoms with Gasteiger partial charge in [0.2, 0.25) is 0 Å². The maximum atomic E-state index is 12.8. The lowest BCUT2D eigenvalue weighted by Gasteiger charge is -2.31. The lowest BCUT2D eigenvalue weighted by molar-refractivity contribution is 0.0677. The van der Waals surface area contributed by atoms with Gasteiger partial charge in [0.25, 0.3) is 11.8 Å². The predicted molar refractivity (Wildman–Crippen MR) is 106 cm³/mol. The Morgan fingerprint density at radius 3 is 2.11 bits per heavy atom. The van der Waals surface area contributed by atoms with Crippen molar-refractivity contribution < 1.29 is 19.1 Å². The van der Waals surface area contributed by atoms with Gasteiger partial charge in [-0.1, -0.05) is 12.1 Å². The highest BCUT2D eigenvalue weighted by Crippen LogP contribution is 2.36. The number of fused-ring (bicyclic) bond motifs is 2. The van der Waals surface area contributed by atoms with Gasteiger partial charge in [0.15, 0.2) is 11.5 Å². The normalized spacial score (nSPS) is 17.1. The average Bonchev–Trinajstić information content (AvgIpc) is 2.91. The van der Waals surface area contributed by atoms with Gasteiger partial charge in [-0.05, 0) is 50.1 Å². The zero-order valence-electron chi connectivity index (χ0n) is 16.4. The van der Waals surface area contributed by atoms with Crippen molar-refractivity contribution in [2.24, 2.45) is 4.99 Å². The van der Waals surface area contributed by atoms with Crippen LogP contribution in [0.25, 0.3) is 0 Å². The second kappa shape index (κ2) is 6.48. The van der Waals surface area contributed by atoms with Crippen LogP contribution in [0.15, 0.2) is 41.4 Å². The van der Waals surface area contributed by atoms with Crippen LogP contribution in [-0.2, 0) is 6.42 Å². The number of rotatable bonds is 4. The van der Waals surface area contributed by atoms with Gasteiger partial charge in [-0.2, -0.15) is 0 Å². The number of nitrogens with zero attached hydrogens (tertiary/aromatic N) is 2. The van der Waals surface area contributed by atoms with E-state index in [9.17, 15) is 9.59 Å². The van der Waals surface area contributed by atoms with Crippen LogP contribution in [-0.4, -0.2) is 48.7 Å². The minimum Gasteiger partial charge on any atom is -0.493 e. The van der Waals surface area contributed by atoms with E-state index in [1.165, 1.54) is 4.90 Å². The van der Waals surface area contributed by atoms with Crippen LogP contribution >= 0.6 is 0 Å². The van der Waals surface area contributed by atoms with Crippen molar-refractivity contribution in [3.05, 3.63) is 58.7 Å². The van der Waals surface area contributed by atoms with Gasteiger partial charge < -0.3 is 9.47 Å². The van der Waals surface area contributed by atoms with Crippen molar-refractivity contribution in [1.29, 1.82) is 0 Å². The van der Waals surface area contributed by atoms with E-state index in [1.807, 2.05) is 26.0 Å². The van der Waals surface area contributed by atoms with Gasteiger partial charge in [0.05, 0.1) is 43.1 Å². The van der Waals surface area contributed by atoms with Crippen LogP contribution in [0.1, 0.15) is 45.7 Å². The molecule has 2 aliphatic heterocycles. The number of carbonyl (C=O) groups excluding carboxylic acids is 2. The molecular weight excluding hydrogens is 356 g/mol. The second-order valence-electron chi connectivity index (χ2n) is 7.65. The Morgan fingerprint density at radius 1 is 0.964 bits per heavy atom. The molecule has 144 valence electrons. The van der Waals surface area contributed by atoms with Gasteiger partial charge in [-0.15, -0.1) is 0 Å². The Labute approximate surface area is 163 Å². The summed E-state index contributed by atoms with van der Waals surface area (Å²) in [7, 11) is 3.18. The SMILES string of the molecule is COc1cc2c(cc1OC)C(CN1C(=O)c3ccccc3C1=O)=NC(C)(C)C2. The summed E-state index contributed by atoms with van der Waals surface area (Å²) in [5.41, 5.74) is 3.17. The summed E-state index contributed by atoms with van der Waals surface area (Å²) in [4.78, 5) is 31.7. The van der Waals surface area contributed by atoms with Crippen molar-refractivity contribution in [2.45, 2.75) is 25.8 Å². The summed E-state index contributed by atoms with van der Waals surface area (Å²) in [6.45, 7) is 4.20. The van der Waals surface area contributed by atoms with E-state index in [2.05, 4.69) is 0 Å². The molecule has 0 spiro atoms. The van der Waals surface area contributed by atoms with Gasteiger partial charge in [0, 0.05) is 5.56 Å². The molecular formula is C22H22N2O4. The molecule has 0 saturated carbocycles. The molecule has 2 heterocycles. The minimum absolute atomic E-state index is 0.123. The van der Waals surface area contributed by atoms with Crippen molar-refractivity contribution in [2.75, 3.05) is 20.8 Å². The van der Waals surface area contributed by atoms with E-state index in [1.54, 1.807) is 38.5 Å². The number of hydrogen-bond acceptors (Lipinski definition) is 5. The molecule has 2 aromatic rings. The van der Waals surface area contributed by atoms with Gasteiger partial charge >= 0.3 is 0 Å². The van der Waals surface area contributed by atoms with Gasteiger partial charge in [0.1, 0.15) is 0 Å². The summed E-state index contributed by atoms with van der Waals surface area (Å²) >= 11 is 0. The van der Waals surface area contributed by atoms with Crippen molar-refractivity contribution in [3.8, 4) is 11.5 Å². The van der Waals surface area contributed by atoms with Gasteiger partial charge in [-0.25, -0.2) is 0 Å². The number of benzene rings is 2. The molecule has 0 atom stereocenters. The number of hydrogen-bond donors (Lipinski definition) is 0. The lowest BCUT2D eigenvalue weighted by atomic mass is 9.86. The van der Waals surface area contributed by atoms with E-state index in [4.69, 9.17) is 14.5 Å². The smallest absolute Gasteiger partial charge is 0.261 e. The molecule has 6 nitrogen and oxygen atoms in total. The van der Waals surface area contributed by atoms with Gasteiger partial charge in [-0.3, -0.25) is 19.5 Å². The number of amides is 2. The first-order chi connectivity index (χ1) is 13.3. The van der Waals surface area contributed by atoms with E-state index in [0.717, 1.165) is 17.5 Å².